The average molecular weight is 493 g/mol. The minimum absolute atomic E-state index is 0.0875. The monoisotopic (exact) mass is 492 g/mol. The molecular weight excluding hydrogens is 467 g/mol. The van der Waals surface area contributed by atoms with E-state index in [2.05, 4.69) is 20.6 Å². The zero-order chi connectivity index (χ0) is 25.6. The SMILES string of the molecule is COc1ccc(-c2ccc(Nc3ncc(F)c(Nc4ccc(-c5ccc(OC)cc5)cc4)n3)cc2)cc1. The number of benzene rings is 4. The van der Waals surface area contributed by atoms with E-state index in [9.17, 15) is 4.39 Å². The normalized spacial score (nSPS) is 10.6. The van der Waals surface area contributed by atoms with Crippen molar-refractivity contribution < 1.29 is 13.9 Å². The third kappa shape index (κ3) is 5.67. The van der Waals surface area contributed by atoms with Crippen molar-refractivity contribution in [2.24, 2.45) is 0 Å². The molecule has 0 aliphatic heterocycles. The van der Waals surface area contributed by atoms with Crippen LogP contribution in [-0.4, -0.2) is 24.2 Å². The van der Waals surface area contributed by atoms with Gasteiger partial charge in [-0.1, -0.05) is 48.5 Å². The van der Waals surface area contributed by atoms with Crippen LogP contribution in [0.3, 0.4) is 0 Å². The van der Waals surface area contributed by atoms with Crippen LogP contribution in [0, 0.1) is 5.82 Å². The summed E-state index contributed by atoms with van der Waals surface area (Å²) in [5.41, 5.74) is 5.74. The zero-order valence-electron chi connectivity index (χ0n) is 20.4. The first-order chi connectivity index (χ1) is 18.1. The molecule has 6 nitrogen and oxygen atoms in total. The third-order valence-electron chi connectivity index (χ3n) is 5.88. The third-order valence-corrected chi connectivity index (χ3v) is 5.88. The van der Waals surface area contributed by atoms with Crippen LogP contribution < -0.4 is 20.1 Å². The summed E-state index contributed by atoms with van der Waals surface area (Å²) in [5.74, 6) is 1.45. The highest BCUT2D eigenvalue weighted by Gasteiger charge is 2.09. The van der Waals surface area contributed by atoms with E-state index in [4.69, 9.17) is 9.47 Å². The molecule has 2 N–H and O–H groups in total. The van der Waals surface area contributed by atoms with Gasteiger partial charge in [0.25, 0.3) is 0 Å². The zero-order valence-corrected chi connectivity index (χ0v) is 20.4. The number of hydrogen-bond acceptors (Lipinski definition) is 6. The molecule has 1 heterocycles. The van der Waals surface area contributed by atoms with Crippen molar-refractivity contribution in [3.8, 4) is 33.8 Å². The lowest BCUT2D eigenvalue weighted by molar-refractivity contribution is 0.415. The van der Waals surface area contributed by atoms with E-state index >= 15 is 0 Å². The molecule has 0 saturated carbocycles. The number of aromatic nitrogens is 2. The van der Waals surface area contributed by atoms with Gasteiger partial charge >= 0.3 is 0 Å². The summed E-state index contributed by atoms with van der Waals surface area (Å²) >= 11 is 0. The summed E-state index contributed by atoms with van der Waals surface area (Å²) in [6.07, 6.45) is 1.15. The molecule has 0 aliphatic rings. The van der Waals surface area contributed by atoms with Crippen LogP contribution >= 0.6 is 0 Å². The van der Waals surface area contributed by atoms with Crippen molar-refractivity contribution in [2.45, 2.75) is 0 Å². The maximum atomic E-state index is 14.5. The van der Waals surface area contributed by atoms with Crippen LogP contribution in [0.2, 0.25) is 0 Å². The molecule has 184 valence electrons. The highest BCUT2D eigenvalue weighted by Crippen LogP contribution is 2.27. The fourth-order valence-electron chi connectivity index (χ4n) is 3.84. The Morgan fingerprint density at radius 1 is 0.568 bits per heavy atom. The van der Waals surface area contributed by atoms with Crippen LogP contribution in [-0.2, 0) is 0 Å². The van der Waals surface area contributed by atoms with Gasteiger partial charge in [-0.25, -0.2) is 9.37 Å². The van der Waals surface area contributed by atoms with Crippen molar-refractivity contribution in [1.82, 2.24) is 9.97 Å². The Balaban J connectivity index is 1.27. The van der Waals surface area contributed by atoms with E-state index in [-0.39, 0.29) is 11.8 Å². The first-order valence-corrected chi connectivity index (χ1v) is 11.7. The van der Waals surface area contributed by atoms with Crippen molar-refractivity contribution in [1.29, 1.82) is 0 Å². The van der Waals surface area contributed by atoms with E-state index in [1.807, 2.05) is 97.1 Å². The first kappa shape index (κ1) is 23.8. The van der Waals surface area contributed by atoms with Crippen molar-refractivity contribution >= 4 is 23.1 Å². The molecule has 0 spiro atoms. The summed E-state index contributed by atoms with van der Waals surface area (Å²) in [6.45, 7) is 0. The van der Waals surface area contributed by atoms with Crippen molar-refractivity contribution in [3.05, 3.63) is 109 Å². The summed E-state index contributed by atoms with van der Waals surface area (Å²) in [4.78, 5) is 8.41. The molecule has 0 saturated heterocycles. The van der Waals surface area contributed by atoms with Gasteiger partial charge in [0.05, 0.1) is 20.4 Å². The first-order valence-electron chi connectivity index (χ1n) is 11.7. The molecular formula is C30H25FN4O2. The molecule has 0 aliphatic carbocycles. The molecule has 0 bridgehead atoms. The number of nitrogens with one attached hydrogen (secondary N) is 2. The van der Waals surface area contributed by atoms with Crippen LogP contribution in [0.1, 0.15) is 0 Å². The van der Waals surface area contributed by atoms with E-state index in [1.165, 1.54) is 0 Å². The van der Waals surface area contributed by atoms with Gasteiger partial charge in [0.2, 0.25) is 5.95 Å². The molecule has 7 heteroatoms. The van der Waals surface area contributed by atoms with Gasteiger partial charge in [-0.05, 0) is 70.8 Å². The average Bonchev–Trinajstić information content (AvgIpc) is 2.96. The summed E-state index contributed by atoms with van der Waals surface area (Å²) in [6, 6.07) is 31.2. The van der Waals surface area contributed by atoms with Crippen LogP contribution in [0.25, 0.3) is 22.3 Å². The molecule has 0 fully saturated rings. The quantitative estimate of drug-likeness (QED) is 0.234. The number of rotatable bonds is 8. The molecule has 1 aromatic heterocycles. The Kier molecular flexibility index (Phi) is 6.94. The largest absolute Gasteiger partial charge is 0.497 e. The second kappa shape index (κ2) is 10.8. The molecule has 5 aromatic rings. The summed E-state index contributed by atoms with van der Waals surface area (Å²) < 4.78 is 24.9. The fraction of sp³-hybridized carbons (Fsp3) is 0.0667. The Labute approximate surface area is 214 Å². The Morgan fingerprint density at radius 2 is 0.973 bits per heavy atom. The number of hydrogen-bond donors (Lipinski definition) is 2. The molecule has 4 aromatic carbocycles. The van der Waals surface area contributed by atoms with E-state index < -0.39 is 5.82 Å². The topological polar surface area (TPSA) is 68.3 Å². The van der Waals surface area contributed by atoms with E-state index in [1.54, 1.807) is 14.2 Å². The Morgan fingerprint density at radius 3 is 1.41 bits per heavy atom. The van der Waals surface area contributed by atoms with Gasteiger partial charge in [-0.2, -0.15) is 4.98 Å². The lowest BCUT2D eigenvalue weighted by Crippen LogP contribution is -2.03. The van der Waals surface area contributed by atoms with Crippen LogP contribution in [0.15, 0.2) is 103 Å². The lowest BCUT2D eigenvalue weighted by atomic mass is 10.1. The molecule has 5 rings (SSSR count). The minimum atomic E-state index is -0.542. The van der Waals surface area contributed by atoms with Gasteiger partial charge in [0.1, 0.15) is 11.5 Å². The molecule has 0 unspecified atom stereocenters. The maximum absolute atomic E-state index is 14.5. The fourth-order valence-corrected chi connectivity index (χ4v) is 3.84. The number of ether oxygens (including phenoxy) is 2. The van der Waals surface area contributed by atoms with Gasteiger partial charge in [-0.3, -0.25) is 0 Å². The molecule has 0 radical (unpaired) electrons. The van der Waals surface area contributed by atoms with Gasteiger partial charge in [0.15, 0.2) is 11.6 Å². The second-order valence-electron chi connectivity index (χ2n) is 8.25. The van der Waals surface area contributed by atoms with Crippen molar-refractivity contribution in [3.63, 3.8) is 0 Å². The summed E-state index contributed by atoms with van der Waals surface area (Å²) in [5, 5.41) is 6.17. The molecule has 0 amide bonds. The van der Waals surface area contributed by atoms with Crippen molar-refractivity contribution in [2.75, 3.05) is 24.9 Å². The molecule has 0 atom stereocenters. The highest BCUT2D eigenvalue weighted by atomic mass is 19.1. The molecule has 37 heavy (non-hydrogen) atoms. The highest BCUT2D eigenvalue weighted by molar-refractivity contribution is 5.70. The predicted octanol–water partition coefficient (Wildman–Crippen LogP) is 7.45. The standard InChI is InChI=1S/C30H25FN4O2/c1-36-26-15-7-22(8-16-26)20-3-11-24(12-4-20)33-29-28(31)19-32-30(35-29)34-25-13-5-21(6-14-25)23-9-17-27(37-2)18-10-23/h3-19H,1-2H3,(H2,32,33,34,35). The van der Waals surface area contributed by atoms with E-state index in [0.717, 1.165) is 45.6 Å². The van der Waals surface area contributed by atoms with Gasteiger partial charge in [0, 0.05) is 11.4 Å². The van der Waals surface area contributed by atoms with Gasteiger partial charge in [-0.15, -0.1) is 0 Å². The number of halogens is 1. The smallest absolute Gasteiger partial charge is 0.229 e. The van der Waals surface area contributed by atoms with Crippen LogP contribution in [0.4, 0.5) is 27.5 Å². The number of methoxy groups -OCH3 is 2. The minimum Gasteiger partial charge on any atom is -0.497 e. The Hall–Kier alpha value is -4.91. The Bertz CT molecular complexity index is 1470. The lowest BCUT2D eigenvalue weighted by Gasteiger charge is -2.11. The van der Waals surface area contributed by atoms with Gasteiger partial charge < -0.3 is 20.1 Å². The summed E-state index contributed by atoms with van der Waals surface area (Å²) in [7, 11) is 3.29. The van der Waals surface area contributed by atoms with Crippen LogP contribution in [0.5, 0.6) is 11.5 Å². The maximum Gasteiger partial charge on any atom is 0.229 e. The number of nitrogens with zero attached hydrogens (tertiary/aromatic N) is 2. The second-order valence-corrected chi connectivity index (χ2v) is 8.25. The predicted molar refractivity (Wildman–Crippen MR) is 145 cm³/mol. The number of anilines is 4. The van der Waals surface area contributed by atoms with E-state index in [0.29, 0.717) is 5.69 Å².